The van der Waals surface area contributed by atoms with Crippen molar-refractivity contribution in [1.29, 1.82) is 0 Å². The van der Waals surface area contributed by atoms with Gasteiger partial charge in [0.05, 0.1) is 35.3 Å². The maximum atomic E-state index is 13.2. The zero-order valence-electron chi connectivity index (χ0n) is 23.2. The average molecular weight is 658 g/mol. The van der Waals surface area contributed by atoms with E-state index in [1.165, 1.54) is 43.3 Å². The van der Waals surface area contributed by atoms with Crippen LogP contribution in [0.3, 0.4) is 0 Å². The molecule has 4 aromatic rings. The molecule has 0 aromatic carbocycles. The van der Waals surface area contributed by atoms with Gasteiger partial charge in [0.1, 0.15) is 23.3 Å². The zero-order chi connectivity index (χ0) is 32.1. The van der Waals surface area contributed by atoms with E-state index in [-0.39, 0.29) is 57.1 Å². The molecule has 4 aromatic heterocycles. The second-order valence-electron chi connectivity index (χ2n) is 7.93. The smallest absolute Gasteiger partial charge is 0.361 e. The van der Waals surface area contributed by atoms with Crippen LogP contribution in [-0.2, 0) is 9.47 Å². The molecule has 0 amide bonds. The number of nitrogens with two attached hydrogens (primary N) is 1. The number of hydrogen-bond donors (Lipinski definition) is 2. The van der Waals surface area contributed by atoms with Crippen LogP contribution in [0.25, 0.3) is 0 Å². The lowest BCUT2D eigenvalue weighted by atomic mass is 10.3. The number of nitrogens with one attached hydrogen (secondary N) is 1. The van der Waals surface area contributed by atoms with Gasteiger partial charge in [0.25, 0.3) is 0 Å². The monoisotopic (exact) mass is 656 g/mol. The molecule has 0 unspecified atom stereocenters. The minimum Gasteiger partial charge on any atom is -0.461 e. The predicted octanol–water partition coefficient (Wildman–Crippen LogP) is 5.96. The minimum absolute atomic E-state index is 0.0204. The number of nitrogens with zero attached hydrogens (tertiary/aromatic N) is 6. The summed E-state index contributed by atoms with van der Waals surface area (Å²) in [6.45, 7) is 6.95. The lowest BCUT2D eigenvalue weighted by Crippen LogP contribution is -2.12. The Kier molecular flexibility index (Phi) is 13.8. The fourth-order valence-corrected chi connectivity index (χ4v) is 3.38. The number of pyridine rings is 2. The van der Waals surface area contributed by atoms with Crippen LogP contribution < -0.4 is 11.1 Å². The van der Waals surface area contributed by atoms with Crippen molar-refractivity contribution in [2.24, 2.45) is 0 Å². The number of esters is 2. The van der Waals surface area contributed by atoms with Crippen LogP contribution >= 0.6 is 34.8 Å². The number of aromatic nitrogens is 6. The third-order valence-electron chi connectivity index (χ3n) is 4.75. The lowest BCUT2D eigenvalue weighted by molar-refractivity contribution is 0.0509. The highest BCUT2D eigenvalue weighted by Crippen LogP contribution is 2.22. The first-order valence-corrected chi connectivity index (χ1v) is 13.3. The standard InChI is InChI=1S/C13H12ClFN4O2.C7H6Cl2N2O2.C6H7FN2/c1-3-21-13(20)12-9(6-10(14)18-19-12)17-11-5-4-8(15)7(2)16-11;1-2-13-7(12)6-4(8)3-5(9)10-11-6;1-4-5(7)2-3-6(8)9-4/h4-6H,3H2,1-2H3,(H,16,17,18);3H,2H2,1H3;2-3H,1H3,(H2,8,9). The van der Waals surface area contributed by atoms with E-state index in [1.54, 1.807) is 20.8 Å². The number of nitrogen functional groups attached to an aromatic ring is 1. The van der Waals surface area contributed by atoms with E-state index in [0.717, 1.165) is 0 Å². The number of carbonyl (C=O) groups is 2. The van der Waals surface area contributed by atoms with Crippen molar-refractivity contribution in [3.05, 3.63) is 86.1 Å². The van der Waals surface area contributed by atoms with E-state index in [2.05, 4.69) is 40.4 Å². The molecule has 0 radical (unpaired) electrons. The van der Waals surface area contributed by atoms with E-state index in [9.17, 15) is 18.4 Å². The van der Waals surface area contributed by atoms with E-state index >= 15 is 0 Å². The van der Waals surface area contributed by atoms with E-state index in [4.69, 9.17) is 45.3 Å². The van der Waals surface area contributed by atoms with E-state index in [0.29, 0.717) is 17.3 Å². The molecule has 0 aliphatic heterocycles. The Bertz CT molecular complexity index is 1580. The summed E-state index contributed by atoms with van der Waals surface area (Å²) in [5.41, 5.74) is 6.06. The van der Waals surface area contributed by atoms with Crippen molar-refractivity contribution >= 4 is 64.1 Å². The van der Waals surface area contributed by atoms with Crippen LogP contribution in [0, 0.1) is 25.5 Å². The largest absolute Gasteiger partial charge is 0.461 e. The third kappa shape index (κ3) is 11.1. The van der Waals surface area contributed by atoms with Gasteiger partial charge in [0, 0.05) is 6.07 Å². The molecule has 3 N–H and O–H groups in total. The number of anilines is 3. The lowest BCUT2D eigenvalue weighted by Gasteiger charge is -2.10. The van der Waals surface area contributed by atoms with Crippen LogP contribution in [0.1, 0.15) is 46.2 Å². The van der Waals surface area contributed by atoms with Crippen LogP contribution in [0.2, 0.25) is 15.3 Å². The molecule has 4 rings (SSSR count). The Morgan fingerprint density at radius 3 is 1.81 bits per heavy atom. The minimum atomic E-state index is -0.636. The van der Waals surface area contributed by atoms with Gasteiger partial charge in [-0.2, -0.15) is 0 Å². The number of ether oxygens (including phenoxy) is 2. The molecule has 0 atom stereocenters. The van der Waals surface area contributed by atoms with Crippen LogP contribution in [-0.4, -0.2) is 55.5 Å². The van der Waals surface area contributed by atoms with Crippen molar-refractivity contribution in [3.8, 4) is 0 Å². The number of aryl methyl sites for hydroxylation is 2. The molecule has 17 heteroatoms. The van der Waals surface area contributed by atoms with Crippen molar-refractivity contribution in [2.45, 2.75) is 27.7 Å². The van der Waals surface area contributed by atoms with Gasteiger partial charge < -0.3 is 20.5 Å². The Hall–Kier alpha value is -4.27. The summed E-state index contributed by atoms with van der Waals surface area (Å²) in [6, 6.07) is 8.19. The van der Waals surface area contributed by atoms with Crippen LogP contribution in [0.5, 0.6) is 0 Å². The number of halogens is 5. The van der Waals surface area contributed by atoms with Gasteiger partial charge in [0.15, 0.2) is 21.7 Å². The highest BCUT2D eigenvalue weighted by molar-refractivity contribution is 6.35. The summed E-state index contributed by atoms with van der Waals surface area (Å²) < 4.78 is 35.1. The summed E-state index contributed by atoms with van der Waals surface area (Å²) in [7, 11) is 0. The first kappa shape index (κ1) is 34.9. The molecule has 0 spiro atoms. The molecular weight excluding hydrogens is 633 g/mol. The molecule has 0 saturated heterocycles. The van der Waals surface area contributed by atoms with E-state index < -0.39 is 17.8 Å². The summed E-state index contributed by atoms with van der Waals surface area (Å²) in [5.74, 6) is -1.27. The highest BCUT2D eigenvalue weighted by atomic mass is 35.5. The summed E-state index contributed by atoms with van der Waals surface area (Å²) in [4.78, 5) is 30.6. The maximum Gasteiger partial charge on any atom is 0.361 e. The van der Waals surface area contributed by atoms with Crippen molar-refractivity contribution < 1.29 is 27.8 Å². The topological polar surface area (TPSA) is 168 Å². The number of carbonyl (C=O) groups excluding carboxylic acids is 2. The summed E-state index contributed by atoms with van der Waals surface area (Å²) >= 11 is 16.9. The molecule has 12 nitrogen and oxygen atoms in total. The number of rotatable bonds is 6. The van der Waals surface area contributed by atoms with Crippen LogP contribution in [0.4, 0.5) is 26.1 Å². The summed E-state index contributed by atoms with van der Waals surface area (Å²) in [5, 5.41) is 17.5. The SMILES string of the molecule is CCOC(=O)c1nnc(Cl)cc1Cl.CCOC(=O)c1nnc(Cl)cc1Nc1ccc(F)c(C)n1.Cc1nc(N)ccc1F. The Morgan fingerprint density at radius 2 is 1.30 bits per heavy atom. The number of hydrogen-bond acceptors (Lipinski definition) is 12. The Balaban J connectivity index is 0.000000249. The van der Waals surface area contributed by atoms with Gasteiger partial charge >= 0.3 is 11.9 Å². The predicted molar refractivity (Wildman–Crippen MR) is 157 cm³/mol. The first-order chi connectivity index (χ1) is 20.4. The Labute approximate surface area is 259 Å². The van der Waals surface area contributed by atoms with Crippen molar-refractivity contribution in [3.63, 3.8) is 0 Å². The van der Waals surface area contributed by atoms with Crippen LogP contribution in [0.15, 0.2) is 36.4 Å². The highest BCUT2D eigenvalue weighted by Gasteiger charge is 2.17. The molecule has 0 bridgehead atoms. The molecular formula is C26H25Cl3F2N8O4. The molecule has 0 aliphatic rings. The second kappa shape index (κ2) is 17.0. The molecule has 43 heavy (non-hydrogen) atoms. The second-order valence-corrected chi connectivity index (χ2v) is 9.11. The third-order valence-corrected chi connectivity index (χ3v) is 5.40. The Morgan fingerprint density at radius 1 is 0.791 bits per heavy atom. The molecule has 4 heterocycles. The van der Waals surface area contributed by atoms with Crippen molar-refractivity contribution in [2.75, 3.05) is 24.3 Å². The molecule has 228 valence electrons. The molecule has 0 saturated carbocycles. The van der Waals surface area contributed by atoms with E-state index in [1.807, 2.05) is 0 Å². The van der Waals surface area contributed by atoms with Crippen molar-refractivity contribution in [1.82, 2.24) is 30.4 Å². The fraction of sp³-hybridized carbons (Fsp3) is 0.231. The molecule has 0 fully saturated rings. The molecule has 0 aliphatic carbocycles. The van der Waals surface area contributed by atoms with Gasteiger partial charge in [-0.1, -0.05) is 34.8 Å². The van der Waals surface area contributed by atoms with Gasteiger partial charge in [-0.25, -0.2) is 28.3 Å². The zero-order valence-corrected chi connectivity index (χ0v) is 25.4. The average Bonchev–Trinajstić information content (AvgIpc) is 2.94. The van der Waals surface area contributed by atoms with Gasteiger partial charge in [0.2, 0.25) is 0 Å². The quantitative estimate of drug-likeness (QED) is 0.234. The maximum absolute atomic E-state index is 13.2. The van der Waals surface area contributed by atoms with Gasteiger partial charge in [-0.3, -0.25) is 0 Å². The van der Waals surface area contributed by atoms with Gasteiger partial charge in [-0.05, 0) is 58.0 Å². The fourth-order valence-electron chi connectivity index (χ4n) is 2.81. The van der Waals surface area contributed by atoms with Gasteiger partial charge in [-0.15, -0.1) is 20.4 Å². The first-order valence-electron chi connectivity index (χ1n) is 12.2. The normalized spacial score (nSPS) is 9.98. The summed E-state index contributed by atoms with van der Waals surface area (Å²) in [6.07, 6.45) is 0.